The van der Waals surface area contributed by atoms with Crippen molar-refractivity contribution in [2.24, 2.45) is 0 Å². The number of anilines is 1. The number of para-hydroxylation sites is 2. The third kappa shape index (κ3) is 2.96. The number of aromatic nitrogens is 2. The summed E-state index contributed by atoms with van der Waals surface area (Å²) in [5, 5.41) is 2.97. The van der Waals surface area contributed by atoms with Gasteiger partial charge in [0.05, 0.1) is 19.9 Å². The zero-order valence-electron chi connectivity index (χ0n) is 11.4. The molecule has 0 amide bonds. The molecule has 3 rings (SSSR count). The van der Waals surface area contributed by atoms with Crippen LogP contribution in [0.5, 0.6) is 17.4 Å². The molecule has 110 valence electrons. The van der Waals surface area contributed by atoms with E-state index in [0.717, 1.165) is 11.9 Å². The van der Waals surface area contributed by atoms with Crippen LogP contribution in [0.3, 0.4) is 0 Å². The highest BCUT2D eigenvalue weighted by Crippen LogP contribution is 2.30. The fourth-order valence-electron chi connectivity index (χ4n) is 1.95. The number of nitrogens with one attached hydrogen (secondary N) is 1. The molecule has 0 saturated carbocycles. The minimum Gasteiger partial charge on any atom is -0.486 e. The summed E-state index contributed by atoms with van der Waals surface area (Å²) in [6.07, 6.45) is 0.876. The maximum Gasteiger partial charge on any atom is 0.255 e. The van der Waals surface area contributed by atoms with Crippen LogP contribution >= 0.6 is 0 Å². The van der Waals surface area contributed by atoms with Crippen molar-refractivity contribution >= 4 is 5.95 Å². The topological polar surface area (TPSA) is 65.5 Å². The van der Waals surface area contributed by atoms with E-state index in [-0.39, 0.29) is 17.9 Å². The highest BCUT2D eigenvalue weighted by Gasteiger charge is 2.20. The van der Waals surface area contributed by atoms with Crippen molar-refractivity contribution in [2.75, 3.05) is 25.6 Å². The van der Waals surface area contributed by atoms with Crippen LogP contribution in [0.1, 0.15) is 0 Å². The molecular formula is C14H14FN3O3. The third-order valence-corrected chi connectivity index (χ3v) is 2.96. The molecule has 1 N–H and O–H groups in total. The number of ether oxygens (including phenoxy) is 3. The Labute approximate surface area is 120 Å². The molecule has 6 nitrogen and oxygen atoms in total. The molecule has 1 atom stereocenters. The second-order valence-electron chi connectivity index (χ2n) is 4.43. The lowest BCUT2D eigenvalue weighted by Gasteiger charge is -2.26. The van der Waals surface area contributed by atoms with Gasteiger partial charge in [0.25, 0.3) is 5.88 Å². The fourth-order valence-corrected chi connectivity index (χ4v) is 1.95. The largest absolute Gasteiger partial charge is 0.486 e. The second-order valence-corrected chi connectivity index (χ2v) is 4.43. The molecule has 2 aromatic rings. The van der Waals surface area contributed by atoms with Gasteiger partial charge in [-0.1, -0.05) is 12.1 Å². The first-order valence-electron chi connectivity index (χ1n) is 6.45. The van der Waals surface area contributed by atoms with Crippen molar-refractivity contribution < 1.29 is 18.6 Å². The Kier molecular flexibility index (Phi) is 3.72. The number of fused-ring (bicyclic) bond motifs is 1. The number of nitrogens with zero attached hydrogens (tertiary/aromatic N) is 2. The Morgan fingerprint density at radius 2 is 2.19 bits per heavy atom. The first-order valence-corrected chi connectivity index (χ1v) is 6.45. The monoisotopic (exact) mass is 291 g/mol. The van der Waals surface area contributed by atoms with Crippen molar-refractivity contribution in [2.45, 2.75) is 6.10 Å². The Balaban J connectivity index is 1.61. The minimum atomic E-state index is -0.603. The minimum absolute atomic E-state index is 0.0985. The highest BCUT2D eigenvalue weighted by molar-refractivity contribution is 5.41. The van der Waals surface area contributed by atoms with E-state index >= 15 is 0 Å². The molecule has 0 fully saturated rings. The first-order chi connectivity index (χ1) is 10.3. The van der Waals surface area contributed by atoms with Gasteiger partial charge < -0.3 is 19.5 Å². The van der Waals surface area contributed by atoms with Gasteiger partial charge in [-0.05, 0) is 12.1 Å². The van der Waals surface area contributed by atoms with Crippen LogP contribution in [0.2, 0.25) is 0 Å². The predicted molar refractivity (Wildman–Crippen MR) is 73.4 cm³/mol. The summed E-state index contributed by atoms with van der Waals surface area (Å²) >= 11 is 0. The van der Waals surface area contributed by atoms with Gasteiger partial charge in [0.2, 0.25) is 11.8 Å². The number of hydrogen-bond acceptors (Lipinski definition) is 6. The summed E-state index contributed by atoms with van der Waals surface area (Å²) in [5.41, 5.74) is 0. The van der Waals surface area contributed by atoms with Crippen LogP contribution < -0.4 is 19.5 Å². The van der Waals surface area contributed by atoms with Crippen molar-refractivity contribution in [1.29, 1.82) is 0 Å². The van der Waals surface area contributed by atoms with Crippen molar-refractivity contribution in [3.8, 4) is 17.4 Å². The van der Waals surface area contributed by atoms with Crippen molar-refractivity contribution in [3.05, 3.63) is 36.3 Å². The molecule has 0 spiro atoms. The summed E-state index contributed by atoms with van der Waals surface area (Å²) in [4.78, 5) is 7.75. The molecule has 2 heterocycles. The molecule has 0 saturated heterocycles. The van der Waals surface area contributed by atoms with Crippen LogP contribution in [-0.2, 0) is 0 Å². The molecule has 7 heteroatoms. The lowest BCUT2D eigenvalue weighted by atomic mass is 10.2. The van der Waals surface area contributed by atoms with Crippen molar-refractivity contribution in [3.63, 3.8) is 0 Å². The number of hydrogen-bond donors (Lipinski definition) is 1. The van der Waals surface area contributed by atoms with E-state index in [1.807, 2.05) is 24.3 Å². The van der Waals surface area contributed by atoms with E-state index in [4.69, 9.17) is 14.2 Å². The number of halogens is 1. The summed E-state index contributed by atoms with van der Waals surface area (Å²) in [6, 6.07) is 7.47. The SMILES string of the molecule is COc1nc(NCC2COc3ccccc3O2)ncc1F. The van der Waals surface area contributed by atoms with Crippen molar-refractivity contribution in [1.82, 2.24) is 9.97 Å². The lowest BCUT2D eigenvalue weighted by Crippen LogP contribution is -2.35. The zero-order valence-corrected chi connectivity index (χ0v) is 11.4. The standard InChI is InChI=1S/C14H14FN3O3/c1-19-13-10(15)7-17-14(18-13)16-6-9-8-20-11-4-2-3-5-12(11)21-9/h2-5,7,9H,6,8H2,1H3,(H,16,17,18). The van der Waals surface area contributed by atoms with Crippen LogP contribution in [-0.4, -0.2) is 36.3 Å². The number of benzene rings is 1. The van der Waals surface area contributed by atoms with E-state index in [9.17, 15) is 4.39 Å². The van der Waals surface area contributed by atoms with E-state index < -0.39 is 5.82 Å². The summed E-state index contributed by atoms with van der Waals surface area (Å²) in [7, 11) is 1.35. The Morgan fingerprint density at radius 3 is 3.00 bits per heavy atom. The molecule has 1 aliphatic heterocycles. The van der Waals surface area contributed by atoms with E-state index in [1.165, 1.54) is 7.11 Å². The van der Waals surface area contributed by atoms with Gasteiger partial charge >= 0.3 is 0 Å². The third-order valence-electron chi connectivity index (χ3n) is 2.96. The van der Waals surface area contributed by atoms with Gasteiger partial charge in [-0.15, -0.1) is 0 Å². The molecular weight excluding hydrogens is 277 g/mol. The molecule has 1 unspecified atom stereocenters. The average molecular weight is 291 g/mol. The van der Waals surface area contributed by atoms with Crippen LogP contribution in [0.15, 0.2) is 30.5 Å². The van der Waals surface area contributed by atoms with Gasteiger partial charge in [0.15, 0.2) is 11.5 Å². The smallest absolute Gasteiger partial charge is 0.255 e. The fraction of sp³-hybridized carbons (Fsp3) is 0.286. The maximum atomic E-state index is 13.2. The van der Waals surface area contributed by atoms with E-state index in [0.29, 0.717) is 18.9 Å². The van der Waals surface area contributed by atoms with Gasteiger partial charge in [-0.3, -0.25) is 0 Å². The van der Waals surface area contributed by atoms with Gasteiger partial charge in [0.1, 0.15) is 12.7 Å². The quantitative estimate of drug-likeness (QED) is 0.927. The van der Waals surface area contributed by atoms with Crippen LogP contribution in [0, 0.1) is 5.82 Å². The predicted octanol–water partition coefficient (Wildman–Crippen LogP) is 1.88. The Hall–Kier alpha value is -2.57. The van der Waals surface area contributed by atoms with Gasteiger partial charge in [-0.2, -0.15) is 9.37 Å². The maximum absolute atomic E-state index is 13.2. The second kappa shape index (κ2) is 5.82. The van der Waals surface area contributed by atoms with Crippen LogP contribution in [0.25, 0.3) is 0 Å². The summed E-state index contributed by atoms with van der Waals surface area (Å²) in [6.45, 7) is 0.853. The molecule has 1 aromatic heterocycles. The zero-order chi connectivity index (χ0) is 14.7. The molecule has 21 heavy (non-hydrogen) atoms. The molecule has 1 aromatic carbocycles. The van der Waals surface area contributed by atoms with Crippen LogP contribution in [0.4, 0.5) is 10.3 Å². The molecule has 0 aliphatic carbocycles. The lowest BCUT2D eigenvalue weighted by molar-refractivity contribution is 0.0996. The Bertz CT molecular complexity index is 639. The normalized spacial score (nSPS) is 16.4. The van der Waals surface area contributed by atoms with Gasteiger partial charge in [-0.25, -0.2) is 4.98 Å². The number of methoxy groups -OCH3 is 1. The molecule has 1 aliphatic rings. The first kappa shape index (κ1) is 13.4. The van der Waals surface area contributed by atoms with Gasteiger partial charge in [0, 0.05) is 0 Å². The summed E-state index contributed by atoms with van der Waals surface area (Å²) in [5.74, 6) is 1.00. The highest BCUT2D eigenvalue weighted by atomic mass is 19.1. The molecule has 0 bridgehead atoms. The summed E-state index contributed by atoms with van der Waals surface area (Å²) < 4.78 is 29.4. The number of rotatable bonds is 4. The van der Waals surface area contributed by atoms with E-state index in [1.54, 1.807) is 0 Å². The molecule has 0 radical (unpaired) electrons. The Morgan fingerprint density at radius 1 is 1.38 bits per heavy atom. The van der Waals surface area contributed by atoms with E-state index in [2.05, 4.69) is 15.3 Å². The average Bonchev–Trinajstić information content (AvgIpc) is 2.54.